The number of hydrogen-bond donors (Lipinski definition) is 6. The second kappa shape index (κ2) is 14.8. The summed E-state index contributed by atoms with van der Waals surface area (Å²) >= 11 is 0. The first-order valence-corrected chi connectivity index (χ1v) is 10.0. The molecule has 28 heavy (non-hydrogen) atoms. The average molecular weight is 390 g/mol. The maximum Gasteiger partial charge on any atom is 0.256 e. The summed E-state index contributed by atoms with van der Waals surface area (Å²) in [6, 6.07) is 8.94. The van der Waals surface area contributed by atoms with Gasteiger partial charge in [0.1, 0.15) is 11.3 Å². The largest absolute Gasteiger partial charge is 0.512 e. The monoisotopic (exact) mass is 389 g/mol. The zero-order chi connectivity index (χ0) is 20.6. The summed E-state index contributed by atoms with van der Waals surface area (Å²) in [7, 11) is 0. The standard InChI is InChI=1S/C21H35N5O2/c1-17(27)19(20(23)18-9-3-2-4-10-18)21(28)26-16-8-15-25-13-6-5-12-24-14-7-11-22/h2-4,9-10,23-25,27H,5-8,11-16,22H2,1H3,(H,26,28)/b19-17+,23-20?. The minimum Gasteiger partial charge on any atom is -0.512 e. The van der Waals surface area contributed by atoms with Crippen molar-refractivity contribution < 1.29 is 9.90 Å². The van der Waals surface area contributed by atoms with Gasteiger partial charge in [0.15, 0.2) is 0 Å². The molecule has 0 heterocycles. The van der Waals surface area contributed by atoms with Crippen molar-refractivity contribution in [3.63, 3.8) is 0 Å². The van der Waals surface area contributed by atoms with Gasteiger partial charge in [0.05, 0.1) is 5.71 Å². The molecule has 0 spiro atoms. The van der Waals surface area contributed by atoms with Crippen molar-refractivity contribution in [1.29, 1.82) is 5.41 Å². The van der Waals surface area contributed by atoms with E-state index in [1.807, 2.05) is 6.07 Å². The molecule has 0 aliphatic rings. The zero-order valence-corrected chi connectivity index (χ0v) is 16.9. The molecule has 1 aromatic carbocycles. The Morgan fingerprint density at radius 1 is 0.964 bits per heavy atom. The third-order valence-corrected chi connectivity index (χ3v) is 4.23. The fraction of sp³-hybridized carbons (Fsp3) is 0.524. The fourth-order valence-corrected chi connectivity index (χ4v) is 2.69. The highest BCUT2D eigenvalue weighted by atomic mass is 16.3. The second-order valence-electron chi connectivity index (χ2n) is 6.66. The van der Waals surface area contributed by atoms with Crippen LogP contribution >= 0.6 is 0 Å². The highest BCUT2D eigenvalue weighted by Crippen LogP contribution is 2.11. The maximum absolute atomic E-state index is 12.4. The molecule has 0 fully saturated rings. The minimum atomic E-state index is -0.419. The highest BCUT2D eigenvalue weighted by Gasteiger charge is 2.19. The van der Waals surface area contributed by atoms with Gasteiger partial charge in [0.25, 0.3) is 5.91 Å². The number of carbonyl (C=O) groups is 1. The third kappa shape index (κ3) is 9.64. The van der Waals surface area contributed by atoms with Crippen LogP contribution in [0.25, 0.3) is 0 Å². The molecule has 7 heteroatoms. The van der Waals surface area contributed by atoms with Gasteiger partial charge in [0.2, 0.25) is 0 Å². The van der Waals surface area contributed by atoms with Crippen molar-refractivity contribution in [1.82, 2.24) is 16.0 Å². The van der Waals surface area contributed by atoms with Crippen molar-refractivity contribution in [2.24, 2.45) is 5.73 Å². The number of benzene rings is 1. The molecular formula is C21H35N5O2. The van der Waals surface area contributed by atoms with Crippen LogP contribution < -0.4 is 21.7 Å². The van der Waals surface area contributed by atoms with Crippen molar-refractivity contribution >= 4 is 11.6 Å². The van der Waals surface area contributed by atoms with Gasteiger partial charge in [-0.3, -0.25) is 10.2 Å². The van der Waals surface area contributed by atoms with Crippen molar-refractivity contribution in [3.8, 4) is 0 Å². The molecule has 1 amide bonds. The van der Waals surface area contributed by atoms with Crippen LogP contribution in [0.2, 0.25) is 0 Å². The van der Waals surface area contributed by atoms with E-state index in [9.17, 15) is 9.90 Å². The van der Waals surface area contributed by atoms with Crippen LogP contribution in [-0.4, -0.2) is 56.0 Å². The van der Waals surface area contributed by atoms with E-state index in [0.29, 0.717) is 12.1 Å². The number of nitrogens with two attached hydrogens (primary N) is 1. The Morgan fingerprint density at radius 2 is 1.54 bits per heavy atom. The Bertz CT molecular complexity index is 612. The average Bonchev–Trinajstić information content (AvgIpc) is 2.69. The van der Waals surface area contributed by atoms with Gasteiger partial charge in [-0.1, -0.05) is 30.3 Å². The molecule has 0 aliphatic heterocycles. The zero-order valence-electron chi connectivity index (χ0n) is 16.9. The maximum atomic E-state index is 12.4. The van der Waals surface area contributed by atoms with Crippen LogP contribution in [-0.2, 0) is 4.79 Å². The Balaban J connectivity index is 2.19. The van der Waals surface area contributed by atoms with Crippen molar-refractivity contribution in [2.45, 2.75) is 32.6 Å². The van der Waals surface area contributed by atoms with Gasteiger partial charge in [-0.15, -0.1) is 0 Å². The van der Waals surface area contributed by atoms with Crippen LogP contribution in [0.15, 0.2) is 41.7 Å². The van der Waals surface area contributed by atoms with Gasteiger partial charge in [0, 0.05) is 12.1 Å². The Hall–Kier alpha value is -2.22. The molecule has 1 rings (SSSR count). The van der Waals surface area contributed by atoms with Gasteiger partial charge >= 0.3 is 0 Å². The molecule has 7 N–H and O–H groups in total. The second-order valence-corrected chi connectivity index (χ2v) is 6.66. The third-order valence-electron chi connectivity index (χ3n) is 4.23. The topological polar surface area (TPSA) is 123 Å². The lowest BCUT2D eigenvalue weighted by Crippen LogP contribution is -2.32. The normalized spacial score (nSPS) is 11.8. The van der Waals surface area contributed by atoms with Crippen LogP contribution in [0.5, 0.6) is 0 Å². The molecule has 0 atom stereocenters. The lowest BCUT2D eigenvalue weighted by atomic mass is 10.0. The first-order valence-electron chi connectivity index (χ1n) is 10.0. The Labute approximate surface area is 168 Å². The van der Waals surface area contributed by atoms with Crippen LogP contribution in [0.3, 0.4) is 0 Å². The SMILES string of the molecule is C/C(O)=C(/C(=N)c1ccccc1)C(=O)NCCCNCCCCNCCCN. The predicted octanol–water partition coefficient (Wildman–Crippen LogP) is 1.70. The van der Waals surface area contributed by atoms with E-state index in [-0.39, 0.29) is 17.0 Å². The molecule has 7 nitrogen and oxygen atoms in total. The number of amides is 1. The summed E-state index contributed by atoms with van der Waals surface area (Å²) in [5, 5.41) is 27.6. The number of nitrogens with one attached hydrogen (secondary N) is 4. The van der Waals surface area contributed by atoms with E-state index < -0.39 is 5.91 Å². The number of aliphatic hydroxyl groups excluding tert-OH is 1. The molecule has 0 aliphatic carbocycles. The van der Waals surface area contributed by atoms with Crippen molar-refractivity contribution in [3.05, 3.63) is 47.2 Å². The molecule has 0 bridgehead atoms. The van der Waals surface area contributed by atoms with E-state index in [4.69, 9.17) is 11.1 Å². The van der Waals surface area contributed by atoms with Crippen LogP contribution in [0.1, 0.15) is 38.2 Å². The smallest absolute Gasteiger partial charge is 0.256 e. The molecule has 0 radical (unpaired) electrons. The summed E-state index contributed by atoms with van der Waals surface area (Å²) < 4.78 is 0. The van der Waals surface area contributed by atoms with Gasteiger partial charge in [-0.25, -0.2) is 0 Å². The quantitative estimate of drug-likeness (QED) is 0.118. The van der Waals surface area contributed by atoms with E-state index in [0.717, 1.165) is 58.4 Å². The molecular weight excluding hydrogens is 354 g/mol. The lowest BCUT2D eigenvalue weighted by molar-refractivity contribution is -0.117. The first-order chi connectivity index (χ1) is 13.6. The number of allylic oxidation sites excluding steroid dienone is 1. The van der Waals surface area contributed by atoms with Gasteiger partial charge in [-0.2, -0.15) is 0 Å². The van der Waals surface area contributed by atoms with Crippen LogP contribution in [0.4, 0.5) is 0 Å². The first kappa shape index (κ1) is 23.8. The Morgan fingerprint density at radius 3 is 2.11 bits per heavy atom. The molecule has 1 aromatic rings. The van der Waals surface area contributed by atoms with E-state index in [1.165, 1.54) is 6.92 Å². The molecule has 0 unspecified atom stereocenters. The summed E-state index contributed by atoms with van der Waals surface area (Å²) in [6.07, 6.45) is 4.03. The number of rotatable bonds is 15. The van der Waals surface area contributed by atoms with E-state index in [2.05, 4.69) is 16.0 Å². The van der Waals surface area contributed by atoms with E-state index >= 15 is 0 Å². The highest BCUT2D eigenvalue weighted by molar-refractivity contribution is 6.27. The summed E-state index contributed by atoms with van der Waals surface area (Å²) in [6.45, 7) is 6.41. The fourth-order valence-electron chi connectivity index (χ4n) is 2.69. The van der Waals surface area contributed by atoms with Gasteiger partial charge in [-0.05, 0) is 65.3 Å². The number of unbranched alkanes of at least 4 members (excludes halogenated alkanes) is 1. The summed E-state index contributed by atoms with van der Waals surface area (Å²) in [5.74, 6) is -0.568. The number of carbonyl (C=O) groups excluding carboxylic acids is 1. The number of hydrogen-bond acceptors (Lipinski definition) is 6. The predicted molar refractivity (Wildman–Crippen MR) is 115 cm³/mol. The summed E-state index contributed by atoms with van der Waals surface area (Å²) in [5.41, 5.74) is 6.08. The summed E-state index contributed by atoms with van der Waals surface area (Å²) in [4.78, 5) is 12.4. The molecule has 0 saturated carbocycles. The minimum absolute atomic E-state index is 0.0151. The van der Waals surface area contributed by atoms with E-state index in [1.54, 1.807) is 24.3 Å². The van der Waals surface area contributed by atoms with Crippen LogP contribution in [0, 0.1) is 5.41 Å². The molecule has 0 saturated heterocycles. The van der Waals surface area contributed by atoms with Crippen molar-refractivity contribution in [2.75, 3.05) is 39.3 Å². The number of aliphatic hydroxyl groups is 1. The lowest BCUT2D eigenvalue weighted by Gasteiger charge is -2.12. The molecule has 156 valence electrons. The molecule has 0 aromatic heterocycles. The van der Waals surface area contributed by atoms with Gasteiger partial charge < -0.3 is 26.8 Å². The Kier molecular flexibility index (Phi) is 12.6.